The van der Waals surface area contributed by atoms with Crippen molar-refractivity contribution in [2.24, 2.45) is 0 Å². The first-order valence-electron chi connectivity index (χ1n) is 13.6. The van der Waals surface area contributed by atoms with E-state index in [2.05, 4.69) is 59.8 Å². The lowest BCUT2D eigenvalue weighted by Gasteiger charge is -2.37. The van der Waals surface area contributed by atoms with Crippen LogP contribution in [0, 0.1) is 0 Å². The number of benzene rings is 2. The molecule has 1 saturated heterocycles. The summed E-state index contributed by atoms with van der Waals surface area (Å²) < 4.78 is 14.1. The van der Waals surface area contributed by atoms with Gasteiger partial charge in [0, 0.05) is 55.3 Å². The molecule has 2 heterocycles. The maximum absolute atomic E-state index is 14.1. The van der Waals surface area contributed by atoms with Gasteiger partial charge in [-0.2, -0.15) is 0 Å². The van der Waals surface area contributed by atoms with Crippen molar-refractivity contribution < 1.29 is 9.18 Å². The van der Waals surface area contributed by atoms with Gasteiger partial charge in [-0.1, -0.05) is 57.5 Å². The summed E-state index contributed by atoms with van der Waals surface area (Å²) in [6, 6.07) is 16.3. The normalized spacial score (nSPS) is 15.8. The Labute approximate surface area is 237 Å². The SMILES string of the molecule is C=C1C(F)=CC=CN1/C(C(=O)NCc1ccc(N2CCN(c3ccc(Cl)cc3)CC2)cc1)=C(\C)CC.CCC. The lowest BCUT2D eigenvalue weighted by atomic mass is 10.1. The fraction of sp³-hybridized carbons (Fsp3) is 0.344. The Morgan fingerprint density at radius 3 is 1.97 bits per heavy atom. The summed E-state index contributed by atoms with van der Waals surface area (Å²) in [5, 5.41) is 3.74. The zero-order chi connectivity index (χ0) is 28.4. The molecule has 2 aromatic carbocycles. The maximum atomic E-state index is 14.1. The molecule has 5 nitrogen and oxygen atoms in total. The fourth-order valence-corrected chi connectivity index (χ4v) is 4.49. The first kappa shape index (κ1) is 30.0. The fourth-order valence-electron chi connectivity index (χ4n) is 4.37. The molecule has 7 heteroatoms. The molecule has 1 amide bonds. The maximum Gasteiger partial charge on any atom is 0.268 e. The van der Waals surface area contributed by atoms with Crippen molar-refractivity contribution in [3.63, 3.8) is 0 Å². The molecule has 2 aromatic rings. The minimum absolute atomic E-state index is 0.163. The number of rotatable bonds is 7. The van der Waals surface area contributed by atoms with Crippen LogP contribution in [-0.2, 0) is 11.3 Å². The van der Waals surface area contributed by atoms with E-state index in [1.54, 1.807) is 12.3 Å². The molecular weight excluding hydrogens is 511 g/mol. The average Bonchev–Trinajstić information content (AvgIpc) is 2.95. The number of piperazine rings is 1. The Hall–Kier alpha value is -3.51. The monoisotopic (exact) mass is 550 g/mol. The first-order valence-corrected chi connectivity index (χ1v) is 14.0. The topological polar surface area (TPSA) is 38.8 Å². The predicted molar refractivity (Wildman–Crippen MR) is 162 cm³/mol. The quantitative estimate of drug-likeness (QED) is 0.361. The second-order valence-corrected chi connectivity index (χ2v) is 10.1. The van der Waals surface area contributed by atoms with Gasteiger partial charge in [-0.15, -0.1) is 0 Å². The highest BCUT2D eigenvalue weighted by Gasteiger charge is 2.24. The molecular formula is C32H40ClFN4O. The molecule has 1 N–H and O–H groups in total. The van der Waals surface area contributed by atoms with Crippen molar-refractivity contribution in [2.45, 2.75) is 47.1 Å². The van der Waals surface area contributed by atoms with E-state index < -0.39 is 5.83 Å². The number of halogens is 2. The first-order chi connectivity index (χ1) is 18.8. The van der Waals surface area contributed by atoms with E-state index in [4.69, 9.17) is 11.6 Å². The number of nitrogens with zero attached hydrogens (tertiary/aromatic N) is 3. The van der Waals surface area contributed by atoms with Crippen LogP contribution in [-0.4, -0.2) is 37.0 Å². The molecule has 0 atom stereocenters. The lowest BCUT2D eigenvalue weighted by molar-refractivity contribution is -0.118. The molecule has 0 unspecified atom stereocenters. The smallest absolute Gasteiger partial charge is 0.268 e. The zero-order valence-electron chi connectivity index (χ0n) is 23.5. The highest BCUT2D eigenvalue weighted by molar-refractivity contribution is 6.30. The van der Waals surface area contributed by atoms with Crippen LogP contribution in [0.3, 0.4) is 0 Å². The van der Waals surface area contributed by atoms with Crippen molar-refractivity contribution in [3.8, 4) is 0 Å². The summed E-state index contributed by atoms with van der Waals surface area (Å²) in [6.07, 6.45) is 6.51. The molecule has 4 rings (SSSR count). The van der Waals surface area contributed by atoms with Crippen LogP contribution in [0.1, 0.15) is 46.1 Å². The summed E-state index contributed by atoms with van der Waals surface area (Å²) in [6.45, 7) is 16.0. The van der Waals surface area contributed by atoms with Crippen molar-refractivity contribution in [3.05, 3.63) is 107 Å². The molecule has 0 bridgehead atoms. The van der Waals surface area contributed by atoms with Gasteiger partial charge in [0.15, 0.2) is 0 Å². The molecule has 208 valence electrons. The Kier molecular flexibility index (Phi) is 11.2. The van der Waals surface area contributed by atoms with Gasteiger partial charge in [0.2, 0.25) is 0 Å². The number of carbonyl (C=O) groups is 1. The minimum atomic E-state index is -0.448. The van der Waals surface area contributed by atoms with Gasteiger partial charge in [-0.25, -0.2) is 4.39 Å². The standard InChI is InChI=1S/C29H32ClFN4O.C3H8/c1-4-21(2)28(35-15-5-6-27(31)22(35)3)29(36)32-20-23-7-11-25(12-8-23)33-16-18-34(19-17-33)26-13-9-24(30)10-14-26;1-3-2/h5-15H,3-4,16-20H2,1-2H3,(H,32,36);3H2,1-2H3/b28-21+;. The van der Waals surface area contributed by atoms with E-state index in [0.717, 1.165) is 42.3 Å². The molecule has 0 radical (unpaired) electrons. The highest BCUT2D eigenvalue weighted by Crippen LogP contribution is 2.27. The number of carbonyl (C=O) groups excluding carboxylic acids is 1. The third-order valence-corrected chi connectivity index (χ3v) is 6.91. The van der Waals surface area contributed by atoms with E-state index in [1.165, 1.54) is 28.8 Å². The molecule has 0 saturated carbocycles. The van der Waals surface area contributed by atoms with Gasteiger partial charge in [0.05, 0.1) is 5.70 Å². The molecule has 1 fully saturated rings. The van der Waals surface area contributed by atoms with Crippen molar-refractivity contribution in [1.29, 1.82) is 0 Å². The Balaban J connectivity index is 0.00000134. The van der Waals surface area contributed by atoms with Gasteiger partial charge in [0.1, 0.15) is 11.5 Å². The van der Waals surface area contributed by atoms with E-state index in [1.807, 2.05) is 38.1 Å². The second kappa shape index (κ2) is 14.6. The number of nitrogens with one attached hydrogen (secondary N) is 1. The van der Waals surface area contributed by atoms with Crippen molar-refractivity contribution in [2.75, 3.05) is 36.0 Å². The van der Waals surface area contributed by atoms with Crippen LogP contribution in [0.2, 0.25) is 5.02 Å². The molecule has 2 aliphatic heterocycles. The zero-order valence-corrected chi connectivity index (χ0v) is 24.3. The summed E-state index contributed by atoms with van der Waals surface area (Å²) in [4.78, 5) is 19.4. The molecule has 0 spiro atoms. The number of hydrogen-bond acceptors (Lipinski definition) is 4. The van der Waals surface area contributed by atoms with Crippen LogP contribution >= 0.6 is 11.6 Å². The van der Waals surface area contributed by atoms with Gasteiger partial charge in [0.25, 0.3) is 5.91 Å². The molecule has 2 aliphatic rings. The van der Waals surface area contributed by atoms with Crippen molar-refractivity contribution in [1.82, 2.24) is 10.2 Å². The Morgan fingerprint density at radius 1 is 0.949 bits per heavy atom. The van der Waals surface area contributed by atoms with Crippen molar-refractivity contribution >= 4 is 28.9 Å². The minimum Gasteiger partial charge on any atom is -0.368 e. The number of anilines is 2. The Bertz CT molecular complexity index is 1210. The average molecular weight is 551 g/mol. The van der Waals surface area contributed by atoms with Gasteiger partial charge >= 0.3 is 0 Å². The second-order valence-electron chi connectivity index (χ2n) is 9.66. The van der Waals surface area contributed by atoms with Crippen LogP contribution in [0.25, 0.3) is 0 Å². The van der Waals surface area contributed by atoms with Gasteiger partial charge < -0.3 is 20.0 Å². The number of allylic oxidation sites excluding steroid dienone is 4. The number of amides is 1. The van der Waals surface area contributed by atoms with E-state index >= 15 is 0 Å². The van der Waals surface area contributed by atoms with E-state index in [-0.39, 0.29) is 11.6 Å². The predicted octanol–water partition coefficient (Wildman–Crippen LogP) is 7.58. The summed E-state index contributed by atoms with van der Waals surface area (Å²) >= 11 is 6.01. The molecule has 0 aromatic heterocycles. The largest absolute Gasteiger partial charge is 0.368 e. The van der Waals surface area contributed by atoms with Gasteiger partial charge in [-0.3, -0.25) is 4.79 Å². The third kappa shape index (κ3) is 7.99. The summed E-state index contributed by atoms with van der Waals surface area (Å²) in [5.41, 5.74) is 4.80. The van der Waals surface area contributed by atoms with E-state index in [9.17, 15) is 9.18 Å². The van der Waals surface area contributed by atoms with Crippen LogP contribution < -0.4 is 15.1 Å². The number of hydrogen-bond donors (Lipinski definition) is 1. The van der Waals surface area contributed by atoms with E-state index in [0.29, 0.717) is 18.7 Å². The van der Waals surface area contributed by atoms with Crippen LogP contribution in [0.4, 0.5) is 15.8 Å². The van der Waals surface area contributed by atoms with Gasteiger partial charge in [-0.05, 0) is 73.0 Å². The van der Waals surface area contributed by atoms with Crippen LogP contribution in [0.5, 0.6) is 0 Å². The highest BCUT2D eigenvalue weighted by atomic mass is 35.5. The lowest BCUT2D eigenvalue weighted by Crippen LogP contribution is -2.46. The Morgan fingerprint density at radius 2 is 1.46 bits per heavy atom. The summed E-state index contributed by atoms with van der Waals surface area (Å²) in [5.74, 6) is -0.700. The summed E-state index contributed by atoms with van der Waals surface area (Å²) in [7, 11) is 0. The van der Waals surface area contributed by atoms with Crippen LogP contribution in [0.15, 0.2) is 96.3 Å². The molecule has 39 heavy (non-hydrogen) atoms. The molecule has 0 aliphatic carbocycles. The third-order valence-electron chi connectivity index (χ3n) is 6.66.